The second-order valence-electron chi connectivity index (χ2n) is 3.95. The predicted molar refractivity (Wildman–Crippen MR) is 79.4 cm³/mol. The van der Waals surface area contributed by atoms with Crippen molar-refractivity contribution in [1.29, 1.82) is 0 Å². The van der Waals surface area contributed by atoms with Gasteiger partial charge < -0.3 is 0 Å². The van der Waals surface area contributed by atoms with Crippen LogP contribution in [0.1, 0.15) is 55.8 Å². The van der Waals surface area contributed by atoms with Gasteiger partial charge in [0, 0.05) is 4.83 Å². The molecule has 0 fully saturated rings. The minimum Gasteiger partial charge on any atom is -0.111 e. The summed E-state index contributed by atoms with van der Waals surface area (Å²) in [6.07, 6.45) is 7.68. The third-order valence-electron chi connectivity index (χ3n) is 2.58. The van der Waals surface area contributed by atoms with E-state index in [4.69, 9.17) is 23.2 Å². The molecule has 1 heterocycles. The van der Waals surface area contributed by atoms with Crippen molar-refractivity contribution in [3.8, 4) is 0 Å². The monoisotopic (exact) mass is 342 g/mol. The van der Waals surface area contributed by atoms with Crippen LogP contribution in [0.3, 0.4) is 0 Å². The van der Waals surface area contributed by atoms with Crippen molar-refractivity contribution >= 4 is 50.5 Å². The highest BCUT2D eigenvalue weighted by Crippen LogP contribution is 2.40. The van der Waals surface area contributed by atoms with Gasteiger partial charge in [-0.05, 0) is 18.1 Å². The van der Waals surface area contributed by atoms with Crippen LogP contribution in [-0.4, -0.2) is 0 Å². The molecule has 0 nitrogen and oxygen atoms in total. The first kappa shape index (κ1) is 14.8. The van der Waals surface area contributed by atoms with Gasteiger partial charge in [0.1, 0.15) is 0 Å². The smallest absolute Gasteiger partial charge is 0.0987 e. The van der Waals surface area contributed by atoms with E-state index in [0.717, 1.165) is 20.7 Å². The maximum absolute atomic E-state index is 6.11. The normalized spacial score (nSPS) is 13.0. The van der Waals surface area contributed by atoms with Gasteiger partial charge in [0.15, 0.2) is 0 Å². The summed E-state index contributed by atoms with van der Waals surface area (Å²) in [4.78, 5) is 0.352. The average Bonchev–Trinajstić information content (AvgIpc) is 2.57. The van der Waals surface area contributed by atoms with Crippen molar-refractivity contribution in [3.05, 3.63) is 20.3 Å². The zero-order valence-corrected chi connectivity index (χ0v) is 13.4. The van der Waals surface area contributed by atoms with E-state index >= 15 is 0 Å². The molecule has 0 saturated carbocycles. The molecule has 0 aromatic carbocycles. The summed E-state index contributed by atoms with van der Waals surface area (Å²) in [5, 5.41) is 0. The summed E-state index contributed by atoms with van der Waals surface area (Å²) >= 11 is 17.2. The number of thiophene rings is 1. The van der Waals surface area contributed by atoms with E-state index in [1.807, 2.05) is 6.07 Å². The van der Waals surface area contributed by atoms with Crippen molar-refractivity contribution in [2.75, 3.05) is 0 Å². The molecule has 1 aromatic heterocycles. The van der Waals surface area contributed by atoms with Crippen LogP contribution in [0.2, 0.25) is 8.67 Å². The molecule has 1 aromatic rings. The number of rotatable bonds is 7. The first-order chi connectivity index (χ1) is 7.65. The van der Waals surface area contributed by atoms with Crippen molar-refractivity contribution in [2.45, 2.75) is 50.3 Å². The molecule has 4 heteroatoms. The van der Waals surface area contributed by atoms with Crippen LogP contribution in [0.15, 0.2) is 6.07 Å². The lowest BCUT2D eigenvalue weighted by Gasteiger charge is -2.08. The van der Waals surface area contributed by atoms with Crippen molar-refractivity contribution in [2.24, 2.45) is 0 Å². The quantitative estimate of drug-likeness (QED) is 0.375. The molecular weight excluding hydrogens is 327 g/mol. The summed E-state index contributed by atoms with van der Waals surface area (Å²) in [7, 11) is 0. The van der Waals surface area contributed by atoms with Crippen LogP contribution < -0.4 is 0 Å². The van der Waals surface area contributed by atoms with Crippen LogP contribution in [0, 0.1) is 0 Å². The second-order valence-corrected chi connectivity index (χ2v) is 7.34. The molecule has 0 amide bonds. The van der Waals surface area contributed by atoms with Gasteiger partial charge in [-0.2, -0.15) is 0 Å². The van der Waals surface area contributed by atoms with Crippen LogP contribution in [0.5, 0.6) is 0 Å². The molecule has 1 atom stereocenters. The topological polar surface area (TPSA) is 0 Å². The van der Waals surface area contributed by atoms with Gasteiger partial charge in [0.05, 0.1) is 8.67 Å². The minimum atomic E-state index is 0.352. The maximum Gasteiger partial charge on any atom is 0.0987 e. The minimum absolute atomic E-state index is 0.352. The van der Waals surface area contributed by atoms with Crippen LogP contribution >= 0.6 is 50.5 Å². The molecule has 1 rings (SSSR count). The van der Waals surface area contributed by atoms with Gasteiger partial charge in [0.25, 0.3) is 0 Å². The largest absolute Gasteiger partial charge is 0.111 e. The average molecular weight is 344 g/mol. The molecule has 92 valence electrons. The van der Waals surface area contributed by atoms with E-state index in [0.29, 0.717) is 4.83 Å². The third-order valence-corrected chi connectivity index (χ3v) is 5.05. The Bertz CT molecular complexity index is 312. The Morgan fingerprint density at radius 3 is 2.50 bits per heavy atom. The van der Waals surface area contributed by atoms with E-state index in [1.165, 1.54) is 43.4 Å². The molecule has 0 spiro atoms. The molecule has 0 bridgehead atoms. The zero-order valence-electron chi connectivity index (χ0n) is 9.44. The van der Waals surface area contributed by atoms with Crippen molar-refractivity contribution in [1.82, 2.24) is 0 Å². The number of hydrogen-bond acceptors (Lipinski definition) is 1. The summed E-state index contributed by atoms with van der Waals surface area (Å²) in [6.45, 7) is 2.24. The molecule has 0 radical (unpaired) electrons. The zero-order chi connectivity index (χ0) is 12.0. The first-order valence-electron chi connectivity index (χ1n) is 5.74. The van der Waals surface area contributed by atoms with E-state index in [9.17, 15) is 0 Å². The Kier molecular flexibility index (Phi) is 7.38. The fraction of sp³-hybridized carbons (Fsp3) is 0.667. The van der Waals surface area contributed by atoms with Crippen LogP contribution in [0.25, 0.3) is 0 Å². The summed E-state index contributed by atoms with van der Waals surface area (Å²) < 4.78 is 1.59. The van der Waals surface area contributed by atoms with E-state index in [1.54, 1.807) is 0 Å². The Morgan fingerprint density at radius 2 is 1.94 bits per heavy atom. The molecule has 1 unspecified atom stereocenters. The molecule has 0 saturated heterocycles. The molecule has 0 N–H and O–H groups in total. The van der Waals surface area contributed by atoms with Crippen molar-refractivity contribution < 1.29 is 0 Å². The number of alkyl halides is 1. The summed E-state index contributed by atoms with van der Waals surface area (Å²) in [5.41, 5.74) is 1.15. The van der Waals surface area contributed by atoms with Crippen LogP contribution in [-0.2, 0) is 0 Å². The predicted octanol–water partition coefficient (Wildman–Crippen LogP) is 6.85. The summed E-state index contributed by atoms with van der Waals surface area (Å²) in [6, 6.07) is 1.97. The molecule has 16 heavy (non-hydrogen) atoms. The standard InChI is InChI=1S/C12H17BrCl2S/c1-2-3-4-5-6-7-10(13)9-8-11(14)16-12(9)15/h8,10H,2-7H2,1H3. The Balaban J connectivity index is 2.29. The van der Waals surface area contributed by atoms with Gasteiger partial charge >= 0.3 is 0 Å². The maximum atomic E-state index is 6.11. The number of halogens is 3. The van der Waals surface area contributed by atoms with Crippen LogP contribution in [0.4, 0.5) is 0 Å². The van der Waals surface area contributed by atoms with Gasteiger partial charge in [-0.1, -0.05) is 78.2 Å². The highest BCUT2D eigenvalue weighted by Gasteiger charge is 2.14. The Morgan fingerprint density at radius 1 is 1.25 bits per heavy atom. The fourth-order valence-electron chi connectivity index (χ4n) is 1.65. The molecular formula is C12H17BrCl2S. The van der Waals surface area contributed by atoms with Crippen molar-refractivity contribution in [3.63, 3.8) is 0 Å². The lowest BCUT2D eigenvalue weighted by Crippen LogP contribution is -1.89. The fourth-order valence-corrected chi connectivity index (χ4v) is 4.20. The lowest BCUT2D eigenvalue weighted by molar-refractivity contribution is 0.606. The van der Waals surface area contributed by atoms with Gasteiger partial charge in [-0.15, -0.1) is 11.3 Å². The molecule has 0 aliphatic heterocycles. The molecule has 0 aliphatic rings. The lowest BCUT2D eigenvalue weighted by atomic mass is 10.1. The third kappa shape index (κ3) is 4.95. The number of unbranched alkanes of at least 4 members (excludes halogenated alkanes) is 4. The highest BCUT2D eigenvalue weighted by molar-refractivity contribution is 9.09. The van der Waals surface area contributed by atoms with E-state index in [-0.39, 0.29) is 0 Å². The highest BCUT2D eigenvalue weighted by atomic mass is 79.9. The number of hydrogen-bond donors (Lipinski definition) is 0. The second kappa shape index (κ2) is 7.97. The van der Waals surface area contributed by atoms with Gasteiger partial charge in [-0.25, -0.2) is 0 Å². The molecule has 0 aliphatic carbocycles. The SMILES string of the molecule is CCCCCCCC(Br)c1cc(Cl)sc1Cl. The Hall–Kier alpha value is 0.760. The summed E-state index contributed by atoms with van der Waals surface area (Å²) in [5.74, 6) is 0. The van der Waals surface area contributed by atoms with Gasteiger partial charge in [0.2, 0.25) is 0 Å². The Labute approximate surface area is 120 Å². The van der Waals surface area contributed by atoms with Gasteiger partial charge in [-0.3, -0.25) is 0 Å². The first-order valence-corrected chi connectivity index (χ1v) is 8.22. The van der Waals surface area contributed by atoms with E-state index < -0.39 is 0 Å². The van der Waals surface area contributed by atoms with E-state index in [2.05, 4.69) is 22.9 Å².